The maximum absolute atomic E-state index is 8.88. The van der Waals surface area contributed by atoms with Gasteiger partial charge in [0.1, 0.15) is 21.8 Å². The average molecular weight is 284 g/mol. The van der Waals surface area contributed by atoms with Crippen molar-refractivity contribution >= 4 is 27.3 Å². The molecule has 2 aromatic rings. The van der Waals surface area contributed by atoms with Gasteiger partial charge in [0, 0.05) is 23.1 Å². The van der Waals surface area contributed by atoms with Gasteiger partial charge in [0.2, 0.25) is 0 Å². The average Bonchev–Trinajstić information content (AvgIpc) is 2.88. The zero-order chi connectivity index (χ0) is 14.9. The molecule has 20 heavy (non-hydrogen) atoms. The van der Waals surface area contributed by atoms with Gasteiger partial charge in [-0.3, -0.25) is 4.68 Å². The Hall–Kier alpha value is -1.70. The molecule has 0 saturated heterocycles. The van der Waals surface area contributed by atoms with E-state index in [1.165, 1.54) is 0 Å². The van der Waals surface area contributed by atoms with E-state index in [1.807, 2.05) is 51.7 Å². The predicted octanol–water partition coefficient (Wildman–Crippen LogP) is 0.299. The first kappa shape index (κ1) is 14.7. The summed E-state index contributed by atoms with van der Waals surface area (Å²) in [5.41, 5.74) is 8.15. The maximum atomic E-state index is 8.88. The molecule has 1 heterocycles. The van der Waals surface area contributed by atoms with Crippen molar-refractivity contribution in [3.05, 3.63) is 41.0 Å². The van der Waals surface area contributed by atoms with Crippen molar-refractivity contribution < 1.29 is 0 Å². The van der Waals surface area contributed by atoms with Crippen LogP contribution in [0.25, 0.3) is 11.3 Å². The van der Waals surface area contributed by atoms with E-state index >= 15 is 0 Å². The Morgan fingerprint density at radius 1 is 1.45 bits per heavy atom. The van der Waals surface area contributed by atoms with Gasteiger partial charge in [0.25, 0.3) is 0 Å². The summed E-state index contributed by atoms with van der Waals surface area (Å²) in [7, 11) is 4.08. The summed E-state index contributed by atoms with van der Waals surface area (Å²) in [4.78, 5) is 0. The SMILES string of the molecule is BC(B)([C@H](C)N)n1ccc(-c2ccc(C#N)c(Cl)c2)n1. The molecule has 0 saturated carbocycles. The number of hydrogen-bond donors (Lipinski definition) is 1. The van der Waals surface area contributed by atoms with Crippen molar-refractivity contribution in [3.8, 4) is 17.3 Å². The Morgan fingerprint density at radius 3 is 2.70 bits per heavy atom. The van der Waals surface area contributed by atoms with Crippen LogP contribution in [0.15, 0.2) is 30.5 Å². The lowest BCUT2D eigenvalue weighted by Crippen LogP contribution is -2.49. The van der Waals surface area contributed by atoms with Crippen LogP contribution >= 0.6 is 11.6 Å². The van der Waals surface area contributed by atoms with Crippen LogP contribution in [0.2, 0.25) is 5.02 Å². The van der Waals surface area contributed by atoms with Crippen LogP contribution in [0.5, 0.6) is 0 Å². The number of nitrogens with zero attached hydrogens (tertiary/aromatic N) is 3. The van der Waals surface area contributed by atoms with E-state index in [1.54, 1.807) is 12.1 Å². The molecule has 1 atom stereocenters. The molecule has 0 aliphatic heterocycles. The summed E-state index contributed by atoms with van der Waals surface area (Å²) in [6.07, 6.45) is 1.91. The molecule has 0 spiro atoms. The highest BCUT2D eigenvalue weighted by molar-refractivity contribution is 6.38. The van der Waals surface area contributed by atoms with Gasteiger partial charge in [-0.2, -0.15) is 10.4 Å². The van der Waals surface area contributed by atoms with E-state index in [2.05, 4.69) is 5.10 Å². The molecule has 0 aliphatic rings. The van der Waals surface area contributed by atoms with Crippen LogP contribution in [0, 0.1) is 11.3 Å². The molecule has 4 nitrogen and oxygen atoms in total. The predicted molar refractivity (Wildman–Crippen MR) is 86.1 cm³/mol. The molecule has 0 unspecified atom stereocenters. The minimum Gasteiger partial charge on any atom is -0.327 e. The fourth-order valence-electron chi connectivity index (χ4n) is 1.77. The molecular weight excluding hydrogens is 269 g/mol. The number of nitriles is 1. The number of benzene rings is 1. The normalized spacial score (nSPS) is 12.9. The molecular formula is C13H15B2ClN4. The van der Waals surface area contributed by atoms with Gasteiger partial charge in [-0.25, -0.2) is 0 Å². The first-order valence-electron chi connectivity index (χ1n) is 6.38. The lowest BCUT2D eigenvalue weighted by molar-refractivity contribution is 0.457. The third kappa shape index (κ3) is 2.60. The molecule has 100 valence electrons. The first-order chi connectivity index (χ1) is 9.36. The summed E-state index contributed by atoms with van der Waals surface area (Å²) < 4.78 is 1.86. The van der Waals surface area contributed by atoms with Gasteiger partial charge in [-0.15, -0.1) is 0 Å². The number of nitrogens with two attached hydrogens (primary N) is 1. The second-order valence-corrected chi connectivity index (χ2v) is 5.80. The Morgan fingerprint density at radius 2 is 2.15 bits per heavy atom. The Kier molecular flexibility index (Phi) is 3.94. The summed E-state index contributed by atoms with van der Waals surface area (Å²) in [5.74, 6) is 0. The number of halogens is 1. The van der Waals surface area contributed by atoms with Crippen LogP contribution < -0.4 is 5.73 Å². The lowest BCUT2D eigenvalue weighted by atomic mass is 9.58. The van der Waals surface area contributed by atoms with Crippen LogP contribution in [-0.4, -0.2) is 31.5 Å². The second-order valence-electron chi connectivity index (χ2n) is 5.39. The summed E-state index contributed by atoms with van der Waals surface area (Å²) >= 11 is 6.05. The zero-order valence-corrected chi connectivity index (χ0v) is 12.5. The van der Waals surface area contributed by atoms with Gasteiger partial charge in [0.05, 0.1) is 16.3 Å². The third-order valence-electron chi connectivity index (χ3n) is 3.68. The highest BCUT2D eigenvalue weighted by Gasteiger charge is 2.25. The second kappa shape index (κ2) is 5.35. The molecule has 1 aromatic heterocycles. The number of hydrogen-bond acceptors (Lipinski definition) is 3. The molecule has 0 bridgehead atoms. The fourth-order valence-corrected chi connectivity index (χ4v) is 2.00. The van der Waals surface area contributed by atoms with Crippen LogP contribution in [0.4, 0.5) is 0 Å². The van der Waals surface area contributed by atoms with Crippen molar-refractivity contribution in [2.45, 2.75) is 18.3 Å². The molecule has 1 aromatic carbocycles. The zero-order valence-electron chi connectivity index (χ0n) is 11.8. The molecule has 2 N–H and O–H groups in total. The van der Waals surface area contributed by atoms with Gasteiger partial charge >= 0.3 is 0 Å². The maximum Gasteiger partial charge on any atom is 0.128 e. The highest BCUT2D eigenvalue weighted by atomic mass is 35.5. The smallest absolute Gasteiger partial charge is 0.128 e. The molecule has 7 heteroatoms. The van der Waals surface area contributed by atoms with Gasteiger partial charge < -0.3 is 5.73 Å². The van der Waals surface area contributed by atoms with Crippen molar-refractivity contribution in [2.75, 3.05) is 0 Å². The van der Waals surface area contributed by atoms with Gasteiger partial charge in [0.15, 0.2) is 0 Å². The van der Waals surface area contributed by atoms with Crippen LogP contribution in [-0.2, 0) is 5.34 Å². The van der Waals surface area contributed by atoms with Crippen LogP contribution in [0.3, 0.4) is 0 Å². The standard InChI is InChI=1S/C13H15B2ClN4/c1-8(18)13(14,15)20-5-4-12(19-20)9-2-3-10(7-17)11(16)6-9/h2-6,8H,14-15,18H2,1H3/t8-/m0/s1. The van der Waals surface area contributed by atoms with Crippen molar-refractivity contribution in [1.29, 1.82) is 5.26 Å². The highest BCUT2D eigenvalue weighted by Crippen LogP contribution is 2.25. The van der Waals surface area contributed by atoms with Crippen molar-refractivity contribution in [2.24, 2.45) is 5.73 Å². The van der Waals surface area contributed by atoms with E-state index in [-0.39, 0.29) is 11.4 Å². The largest absolute Gasteiger partial charge is 0.327 e. The van der Waals surface area contributed by atoms with E-state index in [0.29, 0.717) is 10.6 Å². The molecule has 0 aliphatic carbocycles. The molecule has 0 radical (unpaired) electrons. The van der Waals surface area contributed by atoms with E-state index in [4.69, 9.17) is 22.6 Å². The van der Waals surface area contributed by atoms with E-state index in [9.17, 15) is 0 Å². The Balaban J connectivity index is 2.39. The lowest BCUT2D eigenvalue weighted by Gasteiger charge is -2.29. The number of rotatable bonds is 3. The van der Waals surface area contributed by atoms with E-state index in [0.717, 1.165) is 11.3 Å². The van der Waals surface area contributed by atoms with E-state index < -0.39 is 0 Å². The molecule has 0 fully saturated rings. The van der Waals surface area contributed by atoms with Crippen molar-refractivity contribution in [1.82, 2.24) is 9.78 Å². The minimum atomic E-state index is -0.269. The van der Waals surface area contributed by atoms with Gasteiger partial charge in [-0.1, -0.05) is 17.7 Å². The fraction of sp³-hybridized carbons (Fsp3) is 0.231. The van der Waals surface area contributed by atoms with Gasteiger partial charge in [-0.05, 0) is 25.1 Å². The third-order valence-corrected chi connectivity index (χ3v) is 3.99. The Labute approximate surface area is 125 Å². The Bertz CT molecular complexity index is 673. The molecule has 2 rings (SSSR count). The van der Waals surface area contributed by atoms with Crippen LogP contribution in [0.1, 0.15) is 12.5 Å². The van der Waals surface area contributed by atoms with Crippen molar-refractivity contribution in [3.63, 3.8) is 0 Å². The quantitative estimate of drug-likeness (QED) is 0.824. The summed E-state index contributed by atoms with van der Waals surface area (Å²) in [6.45, 7) is 1.96. The first-order valence-corrected chi connectivity index (χ1v) is 6.76. The minimum absolute atomic E-state index is 0.0280. The number of aromatic nitrogens is 2. The topological polar surface area (TPSA) is 67.6 Å². The summed E-state index contributed by atoms with van der Waals surface area (Å²) in [6, 6.07) is 9.24. The monoisotopic (exact) mass is 284 g/mol. The molecule has 0 amide bonds. The summed E-state index contributed by atoms with van der Waals surface area (Å²) in [5, 5.41) is 13.6.